The maximum absolute atomic E-state index is 5.91. The molecule has 4 heteroatoms. The minimum absolute atomic E-state index is 0.803. The molecule has 0 aliphatic carbocycles. The highest BCUT2D eigenvalue weighted by Crippen LogP contribution is 2.31. The molecule has 0 spiro atoms. The molecule has 110 valence electrons. The van der Waals surface area contributed by atoms with Gasteiger partial charge in [-0.05, 0) is 77.7 Å². The molecule has 0 radical (unpaired) electrons. The first-order chi connectivity index (χ1) is 10.1. The van der Waals surface area contributed by atoms with Crippen molar-refractivity contribution in [2.24, 2.45) is 0 Å². The van der Waals surface area contributed by atoms with Gasteiger partial charge < -0.3 is 16.0 Å². The lowest BCUT2D eigenvalue weighted by molar-refractivity contribution is 0.949. The van der Waals surface area contributed by atoms with E-state index >= 15 is 0 Å². The molecule has 2 aromatic rings. The van der Waals surface area contributed by atoms with Crippen LogP contribution in [-0.2, 0) is 0 Å². The van der Waals surface area contributed by atoms with E-state index in [4.69, 9.17) is 5.73 Å². The molecule has 3 rings (SSSR count). The molecule has 1 heterocycles. The van der Waals surface area contributed by atoms with Crippen LogP contribution in [0.2, 0.25) is 0 Å². The molecular formula is C17H20BrN3. The Kier molecular flexibility index (Phi) is 4.06. The Hall–Kier alpha value is -1.68. The number of aryl methyl sites for hydroxylation is 1. The van der Waals surface area contributed by atoms with E-state index in [-0.39, 0.29) is 0 Å². The Balaban J connectivity index is 1.77. The molecular weight excluding hydrogens is 326 g/mol. The summed E-state index contributed by atoms with van der Waals surface area (Å²) < 4.78 is 0.981. The van der Waals surface area contributed by atoms with E-state index in [2.05, 4.69) is 56.5 Å². The minimum atomic E-state index is 0.803. The van der Waals surface area contributed by atoms with Gasteiger partial charge in [0.25, 0.3) is 0 Å². The zero-order chi connectivity index (χ0) is 14.8. The Morgan fingerprint density at radius 2 is 1.76 bits per heavy atom. The number of rotatable bonds is 3. The molecule has 0 saturated carbocycles. The van der Waals surface area contributed by atoms with E-state index in [9.17, 15) is 0 Å². The fraction of sp³-hybridized carbons (Fsp3) is 0.294. The number of hydrogen-bond acceptors (Lipinski definition) is 3. The quantitative estimate of drug-likeness (QED) is 0.793. The average Bonchev–Trinajstić information content (AvgIpc) is 3.00. The van der Waals surface area contributed by atoms with Crippen molar-refractivity contribution in [3.63, 3.8) is 0 Å². The van der Waals surface area contributed by atoms with Gasteiger partial charge in [-0.3, -0.25) is 0 Å². The lowest BCUT2D eigenvalue weighted by Gasteiger charge is -2.18. The number of benzene rings is 2. The molecule has 1 aliphatic rings. The van der Waals surface area contributed by atoms with E-state index in [0.29, 0.717) is 0 Å². The van der Waals surface area contributed by atoms with Gasteiger partial charge >= 0.3 is 0 Å². The van der Waals surface area contributed by atoms with Gasteiger partial charge in [-0.1, -0.05) is 0 Å². The predicted molar refractivity (Wildman–Crippen MR) is 94.5 cm³/mol. The smallest absolute Gasteiger partial charge is 0.0532 e. The van der Waals surface area contributed by atoms with Crippen molar-refractivity contribution in [3.8, 4) is 0 Å². The van der Waals surface area contributed by atoms with Gasteiger partial charge in [0.2, 0.25) is 0 Å². The molecule has 0 aromatic heterocycles. The monoisotopic (exact) mass is 345 g/mol. The maximum Gasteiger partial charge on any atom is 0.0532 e. The Morgan fingerprint density at radius 1 is 1.10 bits per heavy atom. The molecule has 0 atom stereocenters. The standard InChI is InChI=1S/C17H20BrN3/c1-12-10-17(15(18)11-16(12)19)20-13-4-6-14(7-5-13)21-8-2-3-9-21/h4-7,10-11,20H,2-3,8-9,19H2,1H3. The van der Waals surface area contributed by atoms with E-state index in [1.54, 1.807) is 0 Å². The van der Waals surface area contributed by atoms with Crippen LogP contribution >= 0.6 is 15.9 Å². The lowest BCUT2D eigenvalue weighted by Crippen LogP contribution is -2.17. The molecule has 1 aliphatic heterocycles. The second kappa shape index (κ2) is 5.98. The highest BCUT2D eigenvalue weighted by atomic mass is 79.9. The number of nitrogen functional groups attached to an aromatic ring is 1. The first-order valence-electron chi connectivity index (χ1n) is 7.31. The molecule has 1 fully saturated rings. The van der Waals surface area contributed by atoms with Crippen molar-refractivity contribution >= 4 is 38.7 Å². The van der Waals surface area contributed by atoms with Crippen LogP contribution < -0.4 is 16.0 Å². The highest BCUT2D eigenvalue weighted by Gasteiger charge is 2.12. The molecule has 21 heavy (non-hydrogen) atoms. The Bertz CT molecular complexity index is 631. The second-order valence-electron chi connectivity index (χ2n) is 5.55. The third-order valence-electron chi connectivity index (χ3n) is 3.97. The summed E-state index contributed by atoms with van der Waals surface area (Å²) in [7, 11) is 0. The van der Waals surface area contributed by atoms with Gasteiger partial charge in [-0.2, -0.15) is 0 Å². The fourth-order valence-electron chi connectivity index (χ4n) is 2.68. The van der Waals surface area contributed by atoms with Gasteiger partial charge in [0.05, 0.1) is 5.69 Å². The van der Waals surface area contributed by atoms with Crippen LogP contribution in [0.3, 0.4) is 0 Å². The number of nitrogens with zero attached hydrogens (tertiary/aromatic N) is 1. The number of halogens is 1. The third kappa shape index (κ3) is 3.16. The summed E-state index contributed by atoms with van der Waals surface area (Å²) >= 11 is 3.56. The van der Waals surface area contributed by atoms with Gasteiger partial charge in [-0.15, -0.1) is 0 Å². The van der Waals surface area contributed by atoms with Crippen molar-refractivity contribution in [2.45, 2.75) is 19.8 Å². The number of nitrogens with two attached hydrogens (primary N) is 1. The largest absolute Gasteiger partial charge is 0.398 e. The van der Waals surface area contributed by atoms with Crippen LogP contribution in [0.15, 0.2) is 40.9 Å². The summed E-state index contributed by atoms with van der Waals surface area (Å²) in [6.07, 6.45) is 2.61. The zero-order valence-corrected chi connectivity index (χ0v) is 13.8. The van der Waals surface area contributed by atoms with Crippen LogP contribution in [0, 0.1) is 6.92 Å². The second-order valence-corrected chi connectivity index (χ2v) is 6.41. The van der Waals surface area contributed by atoms with Crippen molar-refractivity contribution < 1.29 is 0 Å². The van der Waals surface area contributed by atoms with Crippen LogP contribution in [-0.4, -0.2) is 13.1 Å². The van der Waals surface area contributed by atoms with Gasteiger partial charge in [0, 0.05) is 34.6 Å². The Labute approximate surface area is 134 Å². The Morgan fingerprint density at radius 3 is 2.43 bits per heavy atom. The first kappa shape index (κ1) is 14.3. The summed E-state index contributed by atoms with van der Waals surface area (Å²) in [5.74, 6) is 0. The van der Waals surface area contributed by atoms with E-state index < -0.39 is 0 Å². The van der Waals surface area contributed by atoms with Crippen LogP contribution in [0.1, 0.15) is 18.4 Å². The highest BCUT2D eigenvalue weighted by molar-refractivity contribution is 9.10. The van der Waals surface area contributed by atoms with Crippen LogP contribution in [0.5, 0.6) is 0 Å². The van der Waals surface area contributed by atoms with E-state index in [1.807, 2.05) is 13.0 Å². The van der Waals surface area contributed by atoms with Crippen LogP contribution in [0.4, 0.5) is 22.7 Å². The van der Waals surface area contributed by atoms with E-state index in [1.165, 1.54) is 31.6 Å². The SMILES string of the molecule is Cc1cc(Nc2ccc(N3CCCC3)cc2)c(Br)cc1N. The number of anilines is 4. The molecule has 1 saturated heterocycles. The molecule has 0 unspecified atom stereocenters. The summed E-state index contributed by atoms with van der Waals surface area (Å²) in [5, 5.41) is 3.44. The van der Waals surface area contributed by atoms with Crippen molar-refractivity contribution in [1.29, 1.82) is 0 Å². The molecule has 3 N–H and O–H groups in total. The normalized spacial score (nSPS) is 14.5. The van der Waals surface area contributed by atoms with E-state index in [0.717, 1.165) is 27.1 Å². The maximum atomic E-state index is 5.91. The summed E-state index contributed by atoms with van der Waals surface area (Å²) in [4.78, 5) is 2.44. The molecule has 0 amide bonds. The molecule has 2 aromatic carbocycles. The average molecular weight is 346 g/mol. The van der Waals surface area contributed by atoms with Crippen molar-refractivity contribution in [1.82, 2.24) is 0 Å². The predicted octanol–water partition coefficient (Wildman–Crippen LogP) is 4.68. The zero-order valence-electron chi connectivity index (χ0n) is 12.2. The van der Waals surface area contributed by atoms with Gasteiger partial charge in [-0.25, -0.2) is 0 Å². The molecule has 3 nitrogen and oxygen atoms in total. The third-order valence-corrected chi connectivity index (χ3v) is 4.63. The lowest BCUT2D eigenvalue weighted by atomic mass is 10.1. The van der Waals surface area contributed by atoms with Crippen LogP contribution in [0.25, 0.3) is 0 Å². The number of nitrogens with one attached hydrogen (secondary N) is 1. The summed E-state index contributed by atoms with van der Waals surface area (Å²) in [5.41, 5.74) is 11.2. The fourth-order valence-corrected chi connectivity index (χ4v) is 3.14. The first-order valence-corrected chi connectivity index (χ1v) is 8.10. The van der Waals surface area contributed by atoms with Crippen molar-refractivity contribution in [2.75, 3.05) is 29.0 Å². The summed E-state index contributed by atoms with van der Waals surface area (Å²) in [6.45, 7) is 4.37. The number of hydrogen-bond donors (Lipinski definition) is 2. The van der Waals surface area contributed by atoms with Crippen molar-refractivity contribution in [3.05, 3.63) is 46.4 Å². The minimum Gasteiger partial charge on any atom is -0.398 e. The molecule has 0 bridgehead atoms. The van der Waals surface area contributed by atoms with Gasteiger partial charge in [0.15, 0.2) is 0 Å². The topological polar surface area (TPSA) is 41.3 Å². The van der Waals surface area contributed by atoms with Gasteiger partial charge in [0.1, 0.15) is 0 Å². The summed E-state index contributed by atoms with van der Waals surface area (Å²) in [6, 6.07) is 12.6.